The number of hydrogen-bond donors (Lipinski definition) is 0. The predicted octanol–water partition coefficient (Wildman–Crippen LogP) is 3.06. The number of pyridine rings is 1. The van der Waals surface area contributed by atoms with Crippen molar-refractivity contribution in [3.8, 4) is 0 Å². The van der Waals surface area contributed by atoms with Gasteiger partial charge in [-0.2, -0.15) is 0 Å². The van der Waals surface area contributed by atoms with Gasteiger partial charge >= 0.3 is 5.69 Å². The van der Waals surface area contributed by atoms with Crippen molar-refractivity contribution >= 4 is 28.9 Å². The van der Waals surface area contributed by atoms with Gasteiger partial charge in [0.1, 0.15) is 11.4 Å². The maximum Gasteiger partial charge on any atom is 0.319 e. The van der Waals surface area contributed by atoms with Gasteiger partial charge in [0, 0.05) is 13.2 Å². The van der Waals surface area contributed by atoms with Crippen molar-refractivity contribution in [1.82, 2.24) is 4.98 Å². The Bertz CT molecular complexity index is 724. The fourth-order valence-electron chi connectivity index (χ4n) is 1.79. The van der Waals surface area contributed by atoms with E-state index < -0.39 is 27.5 Å². The third kappa shape index (κ3) is 2.82. The van der Waals surface area contributed by atoms with Gasteiger partial charge < -0.3 is 4.90 Å². The van der Waals surface area contributed by atoms with Gasteiger partial charge in [0.2, 0.25) is 5.15 Å². The molecule has 108 valence electrons. The molecule has 1 heterocycles. The maximum atomic E-state index is 13.7. The number of aromatic nitrogens is 1. The highest BCUT2D eigenvalue weighted by Gasteiger charge is 2.28. The zero-order valence-electron chi connectivity index (χ0n) is 10.8. The van der Waals surface area contributed by atoms with Gasteiger partial charge in [0.25, 0.3) is 5.91 Å². The molecule has 0 aliphatic carbocycles. The van der Waals surface area contributed by atoms with Gasteiger partial charge in [-0.15, -0.1) is 0 Å². The molecule has 1 amide bonds. The summed E-state index contributed by atoms with van der Waals surface area (Å²) in [6.07, 6.45) is 1.18. The van der Waals surface area contributed by atoms with Crippen molar-refractivity contribution in [1.29, 1.82) is 0 Å². The number of anilines is 1. The summed E-state index contributed by atoms with van der Waals surface area (Å²) in [4.78, 5) is 27.1. The highest BCUT2D eigenvalue weighted by atomic mass is 35.5. The van der Waals surface area contributed by atoms with Crippen LogP contribution in [0.15, 0.2) is 36.5 Å². The fourth-order valence-corrected chi connectivity index (χ4v) is 2.02. The van der Waals surface area contributed by atoms with Gasteiger partial charge in [-0.3, -0.25) is 14.9 Å². The Labute approximate surface area is 123 Å². The SMILES string of the molecule is CN(C(=O)c1ccnc(Cl)c1[N+](=O)[O-])c1ccccc1F. The van der Waals surface area contributed by atoms with Crippen LogP contribution in [0, 0.1) is 15.9 Å². The van der Waals surface area contributed by atoms with E-state index in [4.69, 9.17) is 11.6 Å². The van der Waals surface area contributed by atoms with E-state index in [1.807, 2.05) is 0 Å². The van der Waals surface area contributed by atoms with Crippen LogP contribution in [-0.4, -0.2) is 22.9 Å². The minimum absolute atomic E-state index is 0.00438. The van der Waals surface area contributed by atoms with E-state index in [2.05, 4.69) is 4.98 Å². The molecule has 0 saturated carbocycles. The zero-order valence-corrected chi connectivity index (χ0v) is 11.5. The molecule has 1 aromatic carbocycles. The van der Waals surface area contributed by atoms with Crippen molar-refractivity contribution in [2.24, 2.45) is 0 Å². The number of hydrogen-bond acceptors (Lipinski definition) is 4. The van der Waals surface area contributed by atoms with E-state index in [1.165, 1.54) is 37.5 Å². The van der Waals surface area contributed by atoms with Crippen molar-refractivity contribution in [2.45, 2.75) is 0 Å². The van der Waals surface area contributed by atoms with Crippen molar-refractivity contribution < 1.29 is 14.1 Å². The van der Waals surface area contributed by atoms with E-state index in [1.54, 1.807) is 6.07 Å². The molecule has 6 nitrogen and oxygen atoms in total. The standard InChI is InChI=1S/C13H9ClFN3O3/c1-17(10-5-3-2-4-9(10)15)13(19)8-6-7-16-12(14)11(8)18(20)21/h2-7H,1H3. The molecule has 0 unspecified atom stereocenters. The van der Waals surface area contributed by atoms with E-state index in [0.29, 0.717) is 0 Å². The minimum Gasteiger partial charge on any atom is -0.308 e. The Kier molecular flexibility index (Phi) is 4.13. The molecular weight excluding hydrogens is 301 g/mol. The summed E-state index contributed by atoms with van der Waals surface area (Å²) in [6, 6.07) is 6.78. The second-order valence-corrected chi connectivity index (χ2v) is 4.43. The zero-order chi connectivity index (χ0) is 15.6. The molecule has 2 rings (SSSR count). The van der Waals surface area contributed by atoms with E-state index in [0.717, 1.165) is 4.90 Å². The quantitative estimate of drug-likeness (QED) is 0.496. The molecule has 0 aliphatic rings. The lowest BCUT2D eigenvalue weighted by molar-refractivity contribution is -0.385. The Balaban J connectivity index is 2.48. The Hall–Kier alpha value is -2.54. The maximum absolute atomic E-state index is 13.7. The molecule has 0 N–H and O–H groups in total. The molecule has 1 aromatic heterocycles. The summed E-state index contributed by atoms with van der Waals surface area (Å²) in [5.41, 5.74) is -0.858. The summed E-state index contributed by atoms with van der Waals surface area (Å²) in [5.74, 6) is -1.37. The van der Waals surface area contributed by atoms with Crippen LogP contribution in [0.25, 0.3) is 0 Å². The molecule has 0 radical (unpaired) electrons. The molecule has 0 bridgehead atoms. The summed E-state index contributed by atoms with van der Waals surface area (Å²) in [7, 11) is 1.32. The number of benzene rings is 1. The number of rotatable bonds is 3. The second kappa shape index (κ2) is 5.84. The second-order valence-electron chi connectivity index (χ2n) is 4.07. The van der Waals surface area contributed by atoms with Gasteiger partial charge in [0.05, 0.1) is 10.6 Å². The highest BCUT2D eigenvalue weighted by Crippen LogP contribution is 2.28. The molecule has 0 atom stereocenters. The number of carbonyl (C=O) groups is 1. The average Bonchev–Trinajstić information content (AvgIpc) is 2.45. The summed E-state index contributed by atoms with van der Waals surface area (Å²) in [5, 5.41) is 10.6. The molecule has 0 aliphatic heterocycles. The van der Waals surface area contributed by atoms with Crippen LogP contribution in [0.5, 0.6) is 0 Å². The first-order chi connectivity index (χ1) is 9.93. The lowest BCUT2D eigenvalue weighted by Crippen LogP contribution is -2.28. The van der Waals surface area contributed by atoms with Crippen molar-refractivity contribution in [3.05, 3.63) is 63.2 Å². The summed E-state index contributed by atoms with van der Waals surface area (Å²) >= 11 is 5.65. The van der Waals surface area contributed by atoms with Crippen LogP contribution in [0.3, 0.4) is 0 Å². The first-order valence-electron chi connectivity index (χ1n) is 5.75. The number of amides is 1. The highest BCUT2D eigenvalue weighted by molar-refractivity contribution is 6.32. The Morgan fingerprint density at radius 1 is 1.38 bits per heavy atom. The molecule has 0 fully saturated rings. The smallest absolute Gasteiger partial charge is 0.308 e. The number of nitrogens with zero attached hydrogens (tertiary/aromatic N) is 3. The molecule has 8 heteroatoms. The summed E-state index contributed by atoms with van der Waals surface area (Å²) in [6.45, 7) is 0. The van der Waals surface area contributed by atoms with Gasteiger partial charge in [-0.25, -0.2) is 9.37 Å². The third-order valence-corrected chi connectivity index (χ3v) is 3.09. The molecule has 0 saturated heterocycles. The average molecular weight is 310 g/mol. The number of halogens is 2. The first-order valence-corrected chi connectivity index (χ1v) is 6.12. The van der Waals surface area contributed by atoms with Crippen LogP contribution >= 0.6 is 11.6 Å². The van der Waals surface area contributed by atoms with Crippen LogP contribution in [-0.2, 0) is 0 Å². The number of para-hydroxylation sites is 1. The topological polar surface area (TPSA) is 76.3 Å². The normalized spacial score (nSPS) is 10.2. The van der Waals surface area contributed by atoms with Gasteiger partial charge in [0.15, 0.2) is 0 Å². The van der Waals surface area contributed by atoms with E-state index >= 15 is 0 Å². The van der Waals surface area contributed by atoms with Crippen LogP contribution < -0.4 is 4.90 Å². The molecule has 0 spiro atoms. The van der Waals surface area contributed by atoms with Crippen LogP contribution in [0.2, 0.25) is 5.15 Å². The fraction of sp³-hybridized carbons (Fsp3) is 0.0769. The van der Waals surface area contributed by atoms with Gasteiger partial charge in [-0.05, 0) is 18.2 Å². The van der Waals surface area contributed by atoms with Crippen molar-refractivity contribution in [3.63, 3.8) is 0 Å². The lowest BCUT2D eigenvalue weighted by Gasteiger charge is -2.17. The van der Waals surface area contributed by atoms with Gasteiger partial charge in [-0.1, -0.05) is 23.7 Å². The number of carbonyl (C=O) groups excluding carboxylic acids is 1. The van der Waals surface area contributed by atoms with Crippen LogP contribution in [0.1, 0.15) is 10.4 Å². The first kappa shape index (κ1) is 14.9. The Morgan fingerprint density at radius 2 is 2.05 bits per heavy atom. The van der Waals surface area contributed by atoms with Crippen LogP contribution in [0.4, 0.5) is 15.8 Å². The molecule has 21 heavy (non-hydrogen) atoms. The molecular formula is C13H9ClFN3O3. The minimum atomic E-state index is -0.794. The lowest BCUT2D eigenvalue weighted by atomic mass is 10.2. The third-order valence-electron chi connectivity index (χ3n) is 2.81. The van der Waals surface area contributed by atoms with E-state index in [-0.39, 0.29) is 11.3 Å². The Morgan fingerprint density at radius 3 is 2.67 bits per heavy atom. The summed E-state index contributed by atoms with van der Waals surface area (Å²) < 4.78 is 13.7. The predicted molar refractivity (Wildman–Crippen MR) is 75.0 cm³/mol. The number of nitro groups is 1. The van der Waals surface area contributed by atoms with Crippen molar-refractivity contribution in [2.75, 3.05) is 11.9 Å². The largest absolute Gasteiger partial charge is 0.319 e. The monoisotopic (exact) mass is 309 g/mol. The van der Waals surface area contributed by atoms with E-state index in [9.17, 15) is 19.3 Å². The molecule has 2 aromatic rings.